The maximum atomic E-state index is 12.8. The van der Waals surface area contributed by atoms with Crippen LogP contribution in [0.25, 0.3) is 0 Å². The first kappa shape index (κ1) is 57.9. The van der Waals surface area contributed by atoms with Gasteiger partial charge in [-0.2, -0.15) is 0 Å². The van der Waals surface area contributed by atoms with E-state index < -0.39 is 6.10 Å². The van der Waals surface area contributed by atoms with Gasteiger partial charge in [0, 0.05) is 19.3 Å². The lowest BCUT2D eigenvalue weighted by atomic mass is 10.0. The van der Waals surface area contributed by atoms with Crippen molar-refractivity contribution in [2.45, 2.75) is 245 Å². The number of esters is 3. The standard InChI is InChI=1S/C55H94O6/c1-4-7-10-13-16-19-22-25-26-27-28-31-33-36-39-42-45-48-54(57)60-51-52(61-55(58)49-46-43-40-37-34-30-24-21-18-15-12-9-6-3)50-59-53(56)47-44-41-38-35-32-29-23-20-17-14-11-8-5-2/h7,10,16,19-20,23,25-26,28,31,36,39,52H,4-6,8-9,11-15,17-18,21-22,24,27,29-30,32-35,37-38,40-51H2,1-3H3/b10-7-,19-16-,23-20-,26-25-,31-28-,39-36-/t52-/m0/s1. The first-order valence-corrected chi connectivity index (χ1v) is 25.4. The number of carbonyl (C=O) groups excluding carboxylic acids is 3. The zero-order chi connectivity index (χ0) is 44.4. The Morgan fingerprint density at radius 3 is 1.10 bits per heavy atom. The van der Waals surface area contributed by atoms with Crippen LogP contribution in [0, 0.1) is 0 Å². The average molecular weight is 851 g/mol. The molecule has 0 amide bonds. The van der Waals surface area contributed by atoms with Crippen LogP contribution in [0.1, 0.15) is 239 Å². The second-order valence-corrected chi connectivity index (χ2v) is 16.7. The first-order chi connectivity index (χ1) is 30.0. The predicted molar refractivity (Wildman–Crippen MR) is 261 cm³/mol. The molecule has 0 unspecified atom stereocenters. The molecule has 350 valence electrons. The smallest absolute Gasteiger partial charge is 0.306 e. The van der Waals surface area contributed by atoms with E-state index in [1.165, 1.54) is 109 Å². The normalized spacial score (nSPS) is 12.6. The Labute approximate surface area is 376 Å². The van der Waals surface area contributed by atoms with Crippen LogP contribution in [0.15, 0.2) is 72.9 Å². The van der Waals surface area contributed by atoms with Gasteiger partial charge >= 0.3 is 17.9 Å². The largest absolute Gasteiger partial charge is 0.462 e. The van der Waals surface area contributed by atoms with Crippen molar-refractivity contribution >= 4 is 17.9 Å². The lowest BCUT2D eigenvalue weighted by Crippen LogP contribution is -2.30. The zero-order valence-corrected chi connectivity index (χ0v) is 39.9. The Balaban J connectivity index is 4.47. The minimum absolute atomic E-state index is 0.0960. The number of unbranched alkanes of at least 4 members (excludes halogenated alkanes) is 22. The highest BCUT2D eigenvalue weighted by Gasteiger charge is 2.19. The second-order valence-electron chi connectivity index (χ2n) is 16.7. The predicted octanol–water partition coefficient (Wildman–Crippen LogP) is 16.6. The van der Waals surface area contributed by atoms with Gasteiger partial charge in [-0.3, -0.25) is 14.4 Å². The molecule has 0 aromatic rings. The monoisotopic (exact) mass is 851 g/mol. The van der Waals surface area contributed by atoms with Crippen molar-refractivity contribution in [3.63, 3.8) is 0 Å². The van der Waals surface area contributed by atoms with Crippen molar-refractivity contribution in [1.29, 1.82) is 0 Å². The van der Waals surface area contributed by atoms with Gasteiger partial charge in [-0.15, -0.1) is 0 Å². The molecule has 0 fully saturated rings. The van der Waals surface area contributed by atoms with Crippen LogP contribution in [0.4, 0.5) is 0 Å². The lowest BCUT2D eigenvalue weighted by Gasteiger charge is -2.18. The van der Waals surface area contributed by atoms with Crippen molar-refractivity contribution in [3.05, 3.63) is 72.9 Å². The molecule has 0 bridgehead atoms. The van der Waals surface area contributed by atoms with E-state index in [1.54, 1.807) is 0 Å². The van der Waals surface area contributed by atoms with Crippen LogP contribution < -0.4 is 0 Å². The molecular weight excluding hydrogens is 757 g/mol. The third kappa shape index (κ3) is 47.7. The van der Waals surface area contributed by atoms with Gasteiger partial charge < -0.3 is 14.2 Å². The number of hydrogen-bond acceptors (Lipinski definition) is 6. The van der Waals surface area contributed by atoms with Gasteiger partial charge in [0.15, 0.2) is 6.10 Å². The van der Waals surface area contributed by atoms with E-state index in [2.05, 4.69) is 93.7 Å². The fraction of sp³-hybridized carbons (Fsp3) is 0.727. The van der Waals surface area contributed by atoms with E-state index in [0.29, 0.717) is 19.3 Å². The van der Waals surface area contributed by atoms with Gasteiger partial charge in [-0.25, -0.2) is 0 Å². The van der Waals surface area contributed by atoms with Gasteiger partial charge in [0.25, 0.3) is 0 Å². The molecule has 0 rings (SSSR count). The van der Waals surface area contributed by atoms with E-state index in [1.807, 2.05) is 0 Å². The topological polar surface area (TPSA) is 78.9 Å². The number of rotatable bonds is 45. The lowest BCUT2D eigenvalue weighted by molar-refractivity contribution is -0.167. The fourth-order valence-electron chi connectivity index (χ4n) is 6.88. The number of ether oxygens (including phenoxy) is 3. The third-order valence-electron chi connectivity index (χ3n) is 10.7. The molecule has 0 aromatic carbocycles. The molecule has 61 heavy (non-hydrogen) atoms. The minimum Gasteiger partial charge on any atom is -0.462 e. The van der Waals surface area contributed by atoms with Gasteiger partial charge in [-0.05, 0) is 83.5 Å². The maximum absolute atomic E-state index is 12.8. The summed E-state index contributed by atoms with van der Waals surface area (Å²) < 4.78 is 16.7. The van der Waals surface area contributed by atoms with E-state index >= 15 is 0 Å². The van der Waals surface area contributed by atoms with Crippen molar-refractivity contribution in [2.75, 3.05) is 13.2 Å². The van der Waals surface area contributed by atoms with Crippen LogP contribution in [-0.4, -0.2) is 37.2 Å². The van der Waals surface area contributed by atoms with E-state index in [-0.39, 0.29) is 37.5 Å². The van der Waals surface area contributed by atoms with Gasteiger partial charge in [0.05, 0.1) is 0 Å². The zero-order valence-electron chi connectivity index (χ0n) is 39.9. The second kappa shape index (κ2) is 49.5. The van der Waals surface area contributed by atoms with Crippen LogP contribution >= 0.6 is 0 Å². The molecule has 0 aliphatic heterocycles. The van der Waals surface area contributed by atoms with Crippen molar-refractivity contribution in [1.82, 2.24) is 0 Å². The summed E-state index contributed by atoms with van der Waals surface area (Å²) in [7, 11) is 0. The molecule has 0 aromatic heterocycles. The first-order valence-electron chi connectivity index (χ1n) is 25.4. The van der Waals surface area contributed by atoms with Gasteiger partial charge in [0.1, 0.15) is 13.2 Å². The molecule has 0 heterocycles. The summed E-state index contributed by atoms with van der Waals surface area (Å²) in [6, 6.07) is 0. The summed E-state index contributed by atoms with van der Waals surface area (Å²) in [4.78, 5) is 37.9. The number of hydrogen-bond donors (Lipinski definition) is 0. The summed E-state index contributed by atoms with van der Waals surface area (Å²) in [5, 5.41) is 0. The molecule has 0 spiro atoms. The van der Waals surface area contributed by atoms with Gasteiger partial charge in [0.2, 0.25) is 0 Å². The maximum Gasteiger partial charge on any atom is 0.306 e. The third-order valence-corrected chi connectivity index (χ3v) is 10.7. The molecule has 6 heteroatoms. The number of carbonyl (C=O) groups is 3. The summed E-state index contributed by atoms with van der Waals surface area (Å²) in [6.07, 6.45) is 61.7. The van der Waals surface area contributed by atoms with Crippen LogP contribution in [-0.2, 0) is 28.6 Å². The summed E-state index contributed by atoms with van der Waals surface area (Å²) in [5.74, 6) is -0.962. The molecule has 1 atom stereocenters. The van der Waals surface area contributed by atoms with E-state index in [9.17, 15) is 14.4 Å². The molecular formula is C55H94O6. The van der Waals surface area contributed by atoms with Gasteiger partial charge in [-0.1, -0.05) is 209 Å². The van der Waals surface area contributed by atoms with Crippen LogP contribution in [0.5, 0.6) is 0 Å². The Morgan fingerprint density at radius 2 is 0.656 bits per heavy atom. The number of allylic oxidation sites excluding steroid dienone is 12. The highest BCUT2D eigenvalue weighted by molar-refractivity contribution is 5.71. The Hall–Kier alpha value is -3.15. The summed E-state index contributed by atoms with van der Waals surface area (Å²) in [6.45, 7) is 6.45. The Bertz CT molecular complexity index is 1160. The fourth-order valence-corrected chi connectivity index (χ4v) is 6.88. The molecule has 0 aliphatic carbocycles. The van der Waals surface area contributed by atoms with Crippen LogP contribution in [0.3, 0.4) is 0 Å². The average Bonchev–Trinajstić information content (AvgIpc) is 3.26. The van der Waals surface area contributed by atoms with E-state index in [4.69, 9.17) is 14.2 Å². The van der Waals surface area contributed by atoms with Crippen molar-refractivity contribution in [2.24, 2.45) is 0 Å². The van der Waals surface area contributed by atoms with Crippen molar-refractivity contribution in [3.8, 4) is 0 Å². The molecule has 6 nitrogen and oxygen atoms in total. The Morgan fingerprint density at radius 1 is 0.344 bits per heavy atom. The minimum atomic E-state index is -0.798. The van der Waals surface area contributed by atoms with Crippen molar-refractivity contribution < 1.29 is 28.6 Å². The molecule has 0 saturated carbocycles. The summed E-state index contributed by atoms with van der Waals surface area (Å²) in [5.41, 5.74) is 0. The highest BCUT2D eigenvalue weighted by atomic mass is 16.6. The quantitative estimate of drug-likeness (QED) is 0.0263. The summed E-state index contributed by atoms with van der Waals surface area (Å²) >= 11 is 0. The molecule has 0 N–H and O–H groups in total. The molecule has 0 aliphatic rings. The Kier molecular flexibility index (Phi) is 46.9. The van der Waals surface area contributed by atoms with E-state index in [0.717, 1.165) is 83.5 Å². The highest BCUT2D eigenvalue weighted by Crippen LogP contribution is 2.14. The molecule has 0 radical (unpaired) electrons. The van der Waals surface area contributed by atoms with Crippen LogP contribution in [0.2, 0.25) is 0 Å². The SMILES string of the molecule is CC/C=C\C/C=C\C/C=C\C/C=C\C/C=C\CCCC(=O)OC[C@H](COC(=O)CCCCCCC/C=C\CCCCCC)OC(=O)CCCCCCCCCCCCCCC. The molecule has 0 saturated heterocycles.